The van der Waals surface area contributed by atoms with E-state index in [1.165, 1.54) is 22.2 Å². The van der Waals surface area contributed by atoms with Crippen molar-refractivity contribution in [3.05, 3.63) is 63.8 Å². The molecule has 1 aliphatic heterocycles. The fourth-order valence-electron chi connectivity index (χ4n) is 4.03. The van der Waals surface area contributed by atoms with Gasteiger partial charge in [-0.05, 0) is 23.6 Å². The van der Waals surface area contributed by atoms with Crippen molar-refractivity contribution in [1.29, 1.82) is 0 Å². The minimum atomic E-state index is -0.166. The van der Waals surface area contributed by atoms with Crippen molar-refractivity contribution in [1.82, 2.24) is 14.5 Å². The number of thiophene rings is 2. The fourth-order valence-corrected chi connectivity index (χ4v) is 5.75. The fraction of sp³-hybridized carbons (Fsp3) is 0.261. The highest BCUT2D eigenvalue weighted by molar-refractivity contribution is 7.18. The number of aromatic nitrogens is 2. The maximum Gasteiger partial charge on any atom is 0.263 e. The molecule has 0 saturated carbocycles. The molecule has 4 aromatic rings. The van der Waals surface area contributed by atoms with Crippen molar-refractivity contribution < 1.29 is 9.53 Å². The summed E-state index contributed by atoms with van der Waals surface area (Å²) in [6.07, 6.45) is 1.49. The zero-order valence-electron chi connectivity index (χ0n) is 17.6. The van der Waals surface area contributed by atoms with Gasteiger partial charge in [-0.2, -0.15) is 0 Å². The van der Waals surface area contributed by atoms with E-state index in [9.17, 15) is 9.59 Å². The van der Waals surface area contributed by atoms with Crippen LogP contribution >= 0.6 is 22.7 Å². The molecule has 0 radical (unpaired) electrons. The molecule has 1 aromatic carbocycles. The van der Waals surface area contributed by atoms with Crippen molar-refractivity contribution in [2.24, 2.45) is 0 Å². The SMILES string of the molecule is COc1ccccc1N1CCN(C(=O)Cn2cnc3scc(-c4cccs4)c3c2=O)CC1. The lowest BCUT2D eigenvalue weighted by Gasteiger charge is -2.36. The monoisotopic (exact) mass is 466 g/mol. The molecule has 0 N–H and O–H groups in total. The predicted molar refractivity (Wildman–Crippen MR) is 129 cm³/mol. The molecule has 0 atom stereocenters. The van der Waals surface area contributed by atoms with Gasteiger partial charge >= 0.3 is 0 Å². The molecular weight excluding hydrogens is 444 g/mol. The third-order valence-electron chi connectivity index (χ3n) is 5.71. The first-order valence-corrected chi connectivity index (χ1v) is 12.1. The number of piperazine rings is 1. The summed E-state index contributed by atoms with van der Waals surface area (Å²) < 4.78 is 6.90. The van der Waals surface area contributed by atoms with E-state index >= 15 is 0 Å². The van der Waals surface area contributed by atoms with Gasteiger partial charge in [0.05, 0.1) is 24.5 Å². The Balaban J connectivity index is 1.31. The summed E-state index contributed by atoms with van der Waals surface area (Å²) in [7, 11) is 1.67. The Morgan fingerprint density at radius 1 is 1.09 bits per heavy atom. The maximum atomic E-state index is 13.2. The van der Waals surface area contributed by atoms with Crippen molar-refractivity contribution in [2.45, 2.75) is 6.54 Å². The van der Waals surface area contributed by atoms with E-state index in [0.717, 1.165) is 21.9 Å². The van der Waals surface area contributed by atoms with Gasteiger partial charge in [-0.15, -0.1) is 22.7 Å². The van der Waals surface area contributed by atoms with Gasteiger partial charge in [0.1, 0.15) is 17.1 Å². The van der Waals surface area contributed by atoms with Crippen LogP contribution in [0.1, 0.15) is 0 Å². The zero-order valence-corrected chi connectivity index (χ0v) is 19.2. The number of hydrogen-bond acceptors (Lipinski definition) is 7. The van der Waals surface area contributed by atoms with Gasteiger partial charge in [0.25, 0.3) is 5.56 Å². The molecule has 0 aliphatic carbocycles. The minimum Gasteiger partial charge on any atom is -0.495 e. The van der Waals surface area contributed by atoms with Crippen LogP contribution < -0.4 is 15.2 Å². The number of carbonyl (C=O) groups is 1. The van der Waals surface area contributed by atoms with Gasteiger partial charge in [-0.3, -0.25) is 14.2 Å². The second-order valence-corrected chi connectivity index (χ2v) is 9.33. The Labute approximate surface area is 193 Å². The Kier molecular flexibility index (Phi) is 5.67. The molecule has 0 bridgehead atoms. The van der Waals surface area contributed by atoms with E-state index in [4.69, 9.17) is 4.74 Å². The van der Waals surface area contributed by atoms with E-state index in [-0.39, 0.29) is 18.0 Å². The molecule has 1 aliphatic rings. The number of carbonyl (C=O) groups excluding carboxylic acids is 1. The molecule has 0 spiro atoms. The lowest BCUT2D eigenvalue weighted by molar-refractivity contribution is -0.132. The molecule has 4 heterocycles. The highest BCUT2D eigenvalue weighted by Gasteiger charge is 2.24. The molecule has 3 aromatic heterocycles. The highest BCUT2D eigenvalue weighted by atomic mass is 32.1. The molecule has 32 heavy (non-hydrogen) atoms. The third kappa shape index (κ3) is 3.78. The number of benzene rings is 1. The molecule has 9 heteroatoms. The summed E-state index contributed by atoms with van der Waals surface area (Å²) in [5.74, 6) is 0.761. The Morgan fingerprint density at radius 3 is 2.66 bits per heavy atom. The van der Waals surface area contributed by atoms with Crippen LogP contribution in [0.15, 0.2) is 58.3 Å². The number of nitrogens with zero attached hydrogens (tertiary/aromatic N) is 4. The molecule has 164 valence electrons. The number of amides is 1. The van der Waals surface area contributed by atoms with E-state index < -0.39 is 0 Å². The molecular formula is C23H22N4O3S2. The predicted octanol–water partition coefficient (Wildman–Crippen LogP) is 3.54. The average Bonchev–Trinajstić information content (AvgIpc) is 3.51. The zero-order chi connectivity index (χ0) is 22.1. The van der Waals surface area contributed by atoms with Crippen molar-refractivity contribution in [3.63, 3.8) is 0 Å². The summed E-state index contributed by atoms with van der Waals surface area (Å²) in [6.45, 7) is 2.62. The Bertz CT molecular complexity index is 1300. The van der Waals surface area contributed by atoms with E-state index in [0.29, 0.717) is 36.4 Å². The normalized spacial score (nSPS) is 14.2. The Morgan fingerprint density at radius 2 is 1.91 bits per heavy atom. The second-order valence-electron chi connectivity index (χ2n) is 7.52. The summed E-state index contributed by atoms with van der Waals surface area (Å²) in [4.78, 5) is 36.4. The summed E-state index contributed by atoms with van der Waals surface area (Å²) in [5.41, 5.74) is 1.76. The molecule has 7 nitrogen and oxygen atoms in total. The van der Waals surface area contributed by atoms with Crippen LogP contribution in [-0.2, 0) is 11.3 Å². The number of hydrogen-bond donors (Lipinski definition) is 0. The summed E-state index contributed by atoms with van der Waals surface area (Å²) in [6, 6.07) is 11.9. The first kappa shape index (κ1) is 20.7. The number of para-hydroxylation sites is 2. The highest BCUT2D eigenvalue weighted by Crippen LogP contribution is 2.33. The quantitative estimate of drug-likeness (QED) is 0.450. The second kappa shape index (κ2) is 8.76. The van der Waals surface area contributed by atoms with Crippen LogP contribution in [0.2, 0.25) is 0 Å². The van der Waals surface area contributed by atoms with Gasteiger partial charge in [0.2, 0.25) is 5.91 Å². The molecule has 1 fully saturated rings. The largest absolute Gasteiger partial charge is 0.495 e. The van der Waals surface area contributed by atoms with E-state index in [1.54, 1.807) is 18.4 Å². The maximum absolute atomic E-state index is 13.2. The minimum absolute atomic E-state index is 0.00381. The average molecular weight is 467 g/mol. The van der Waals surface area contributed by atoms with Gasteiger partial charge in [-0.25, -0.2) is 4.98 Å². The summed E-state index contributed by atoms with van der Waals surface area (Å²) in [5, 5.41) is 4.55. The lowest BCUT2D eigenvalue weighted by atomic mass is 10.2. The Hall–Kier alpha value is -3.17. The first-order valence-electron chi connectivity index (χ1n) is 10.3. The number of rotatable bonds is 5. The van der Waals surface area contributed by atoms with Crippen LogP contribution in [-0.4, -0.2) is 53.6 Å². The lowest BCUT2D eigenvalue weighted by Crippen LogP contribution is -2.50. The molecule has 1 saturated heterocycles. The van der Waals surface area contributed by atoms with E-state index in [2.05, 4.69) is 9.88 Å². The topological polar surface area (TPSA) is 67.7 Å². The van der Waals surface area contributed by atoms with Gasteiger partial charge in [0, 0.05) is 42.0 Å². The molecule has 1 amide bonds. The van der Waals surface area contributed by atoms with Crippen molar-refractivity contribution in [3.8, 4) is 16.2 Å². The van der Waals surface area contributed by atoms with Gasteiger partial charge < -0.3 is 14.5 Å². The number of methoxy groups -OCH3 is 1. The number of anilines is 1. The third-order valence-corrected chi connectivity index (χ3v) is 7.50. The van der Waals surface area contributed by atoms with E-state index in [1.807, 2.05) is 52.1 Å². The van der Waals surface area contributed by atoms with Crippen LogP contribution in [0.4, 0.5) is 5.69 Å². The van der Waals surface area contributed by atoms with Gasteiger partial charge in [0.15, 0.2) is 0 Å². The smallest absolute Gasteiger partial charge is 0.263 e. The standard InChI is InChI=1S/C23H22N4O3S2/c1-30-18-6-3-2-5-17(18)25-8-10-26(11-9-25)20(28)13-27-15-24-22-21(23(27)29)16(14-32-22)19-7-4-12-31-19/h2-7,12,14-15H,8-11,13H2,1H3. The van der Waals surface area contributed by atoms with Crippen molar-refractivity contribution >= 4 is 44.5 Å². The number of fused-ring (bicyclic) bond motifs is 1. The van der Waals surface area contributed by atoms with Crippen LogP contribution in [0, 0.1) is 0 Å². The van der Waals surface area contributed by atoms with Gasteiger partial charge in [-0.1, -0.05) is 18.2 Å². The van der Waals surface area contributed by atoms with Crippen LogP contribution in [0.25, 0.3) is 20.7 Å². The van der Waals surface area contributed by atoms with Crippen LogP contribution in [0.5, 0.6) is 5.75 Å². The number of ether oxygens (including phenoxy) is 1. The van der Waals surface area contributed by atoms with Crippen molar-refractivity contribution in [2.75, 3.05) is 38.2 Å². The molecule has 0 unspecified atom stereocenters. The first-order chi connectivity index (χ1) is 15.7. The van der Waals surface area contributed by atoms with Crippen LogP contribution in [0.3, 0.4) is 0 Å². The summed E-state index contributed by atoms with van der Waals surface area (Å²) >= 11 is 3.04. The molecule has 5 rings (SSSR count).